The van der Waals surface area contributed by atoms with Gasteiger partial charge >= 0.3 is 5.63 Å². The molecular weight excluding hydrogens is 364 g/mol. The van der Waals surface area contributed by atoms with Crippen molar-refractivity contribution in [3.63, 3.8) is 0 Å². The number of piperidine rings is 1. The summed E-state index contributed by atoms with van der Waals surface area (Å²) in [6.45, 7) is 6.51. The molecule has 2 aromatic rings. The van der Waals surface area contributed by atoms with Gasteiger partial charge in [0.05, 0.1) is 0 Å². The van der Waals surface area contributed by atoms with Crippen molar-refractivity contribution in [1.29, 1.82) is 0 Å². The summed E-state index contributed by atoms with van der Waals surface area (Å²) in [6.07, 6.45) is 7.54. The summed E-state index contributed by atoms with van der Waals surface area (Å²) < 4.78 is 5.44. The van der Waals surface area contributed by atoms with E-state index in [1.54, 1.807) is 6.07 Å². The van der Waals surface area contributed by atoms with E-state index in [4.69, 9.17) is 4.42 Å². The third kappa shape index (κ3) is 4.72. The molecular formula is C24H32N2O3. The van der Waals surface area contributed by atoms with E-state index in [2.05, 4.69) is 28.9 Å². The van der Waals surface area contributed by atoms with Crippen molar-refractivity contribution < 1.29 is 9.21 Å². The minimum Gasteiger partial charge on any atom is -0.423 e. The molecule has 156 valence electrons. The Balaban J connectivity index is 1.41. The van der Waals surface area contributed by atoms with E-state index >= 15 is 0 Å². The number of carbonyl (C=O) groups excluding carboxylic acids is 1. The van der Waals surface area contributed by atoms with Gasteiger partial charge in [0.15, 0.2) is 0 Å². The van der Waals surface area contributed by atoms with E-state index in [0.29, 0.717) is 11.5 Å². The molecule has 2 saturated heterocycles. The van der Waals surface area contributed by atoms with Crippen LogP contribution in [0.3, 0.4) is 0 Å². The molecule has 1 amide bonds. The topological polar surface area (TPSA) is 53.8 Å². The van der Waals surface area contributed by atoms with Crippen molar-refractivity contribution >= 4 is 16.9 Å². The summed E-state index contributed by atoms with van der Waals surface area (Å²) in [5.41, 5.74) is 2.59. The van der Waals surface area contributed by atoms with E-state index in [9.17, 15) is 9.59 Å². The Kier molecular flexibility index (Phi) is 6.34. The van der Waals surface area contributed by atoms with E-state index in [0.717, 1.165) is 75.8 Å². The van der Waals surface area contributed by atoms with Gasteiger partial charge in [0.2, 0.25) is 5.91 Å². The van der Waals surface area contributed by atoms with Gasteiger partial charge in [-0.25, -0.2) is 4.79 Å². The van der Waals surface area contributed by atoms with E-state index in [1.807, 2.05) is 6.07 Å². The van der Waals surface area contributed by atoms with E-state index < -0.39 is 0 Å². The summed E-state index contributed by atoms with van der Waals surface area (Å²) in [5, 5.41) is 1.02. The van der Waals surface area contributed by atoms with Crippen molar-refractivity contribution in [2.45, 2.75) is 58.4 Å². The molecule has 0 unspecified atom stereocenters. The molecule has 1 aromatic heterocycles. The molecule has 1 aromatic carbocycles. The molecule has 2 fully saturated rings. The number of nitrogens with zero attached hydrogens (tertiary/aromatic N) is 2. The first kappa shape index (κ1) is 20.1. The van der Waals surface area contributed by atoms with Crippen molar-refractivity contribution in [3.05, 3.63) is 45.8 Å². The first-order valence-electron chi connectivity index (χ1n) is 11.2. The van der Waals surface area contributed by atoms with Gasteiger partial charge in [0.1, 0.15) is 5.58 Å². The highest BCUT2D eigenvalue weighted by atomic mass is 16.4. The van der Waals surface area contributed by atoms with Crippen LogP contribution in [0.25, 0.3) is 11.0 Å². The summed E-state index contributed by atoms with van der Waals surface area (Å²) in [5.74, 6) is 0.526. The Morgan fingerprint density at radius 2 is 1.76 bits per heavy atom. The van der Waals surface area contributed by atoms with Crippen LogP contribution in [0.4, 0.5) is 0 Å². The fourth-order valence-corrected chi connectivity index (χ4v) is 4.75. The lowest BCUT2D eigenvalue weighted by atomic mass is 9.94. The van der Waals surface area contributed by atoms with Gasteiger partial charge in [0.25, 0.3) is 0 Å². The minimum absolute atomic E-state index is 0.161. The molecule has 0 atom stereocenters. The van der Waals surface area contributed by atoms with Crippen molar-refractivity contribution in [1.82, 2.24) is 9.80 Å². The van der Waals surface area contributed by atoms with Gasteiger partial charge in [-0.05, 0) is 62.4 Å². The summed E-state index contributed by atoms with van der Waals surface area (Å²) in [7, 11) is 0. The van der Waals surface area contributed by atoms with Crippen LogP contribution in [0.5, 0.6) is 0 Å². The monoisotopic (exact) mass is 396 g/mol. The number of amides is 1. The normalized spacial score (nSPS) is 19.4. The molecule has 5 nitrogen and oxygen atoms in total. The number of likely N-dealkylation sites (tertiary alicyclic amines) is 2. The van der Waals surface area contributed by atoms with Gasteiger partial charge in [-0.3, -0.25) is 9.69 Å². The number of carbonyl (C=O) groups is 1. The smallest absolute Gasteiger partial charge is 0.336 e. The SMILES string of the molecule is CCc1ccc2c(CN3CCC(C(=O)N4CCCCCC4)CC3)cc(=O)oc2c1. The highest BCUT2D eigenvalue weighted by Gasteiger charge is 2.29. The average Bonchev–Trinajstić information content (AvgIpc) is 3.03. The quantitative estimate of drug-likeness (QED) is 0.734. The van der Waals surface area contributed by atoms with Crippen LogP contribution in [0.1, 0.15) is 56.6 Å². The number of hydrogen-bond acceptors (Lipinski definition) is 4. The maximum absolute atomic E-state index is 12.9. The molecule has 29 heavy (non-hydrogen) atoms. The molecule has 0 radical (unpaired) electrons. The van der Waals surface area contributed by atoms with Crippen LogP contribution in [-0.2, 0) is 17.8 Å². The predicted octanol–water partition coefficient (Wildman–Crippen LogP) is 3.97. The minimum atomic E-state index is -0.285. The first-order chi connectivity index (χ1) is 14.1. The predicted molar refractivity (Wildman–Crippen MR) is 115 cm³/mol. The van der Waals surface area contributed by atoms with Crippen LogP contribution < -0.4 is 5.63 Å². The van der Waals surface area contributed by atoms with Gasteiger partial charge in [-0.1, -0.05) is 31.9 Å². The number of hydrogen-bond donors (Lipinski definition) is 0. The van der Waals surface area contributed by atoms with Crippen LogP contribution >= 0.6 is 0 Å². The molecule has 4 rings (SSSR count). The molecule has 3 heterocycles. The third-order valence-corrected chi connectivity index (χ3v) is 6.55. The molecule has 0 spiro atoms. The third-order valence-electron chi connectivity index (χ3n) is 6.55. The zero-order valence-corrected chi connectivity index (χ0v) is 17.5. The van der Waals surface area contributed by atoms with Crippen molar-refractivity contribution in [3.8, 4) is 0 Å². The first-order valence-corrected chi connectivity index (χ1v) is 11.2. The molecule has 2 aliphatic heterocycles. The second-order valence-electron chi connectivity index (χ2n) is 8.56. The second-order valence-corrected chi connectivity index (χ2v) is 8.56. The lowest BCUT2D eigenvalue weighted by Gasteiger charge is -2.34. The summed E-state index contributed by atoms with van der Waals surface area (Å²) >= 11 is 0. The van der Waals surface area contributed by atoms with E-state index in [1.165, 1.54) is 18.4 Å². The van der Waals surface area contributed by atoms with Crippen LogP contribution in [0, 0.1) is 5.92 Å². The number of aryl methyl sites for hydroxylation is 1. The van der Waals surface area contributed by atoms with Gasteiger partial charge in [-0.2, -0.15) is 0 Å². The maximum atomic E-state index is 12.9. The average molecular weight is 397 g/mol. The summed E-state index contributed by atoms with van der Waals surface area (Å²) in [6, 6.07) is 7.79. The highest BCUT2D eigenvalue weighted by molar-refractivity contribution is 5.81. The molecule has 0 aliphatic carbocycles. The molecule has 0 bridgehead atoms. The van der Waals surface area contributed by atoms with Crippen LogP contribution in [0.2, 0.25) is 0 Å². The number of rotatable bonds is 4. The fraction of sp³-hybridized carbons (Fsp3) is 0.583. The van der Waals surface area contributed by atoms with Gasteiger partial charge < -0.3 is 9.32 Å². The summed E-state index contributed by atoms with van der Waals surface area (Å²) in [4.78, 5) is 29.4. The van der Waals surface area contributed by atoms with E-state index in [-0.39, 0.29) is 11.5 Å². The van der Waals surface area contributed by atoms with Crippen LogP contribution in [0.15, 0.2) is 33.5 Å². The van der Waals surface area contributed by atoms with Gasteiger partial charge in [0, 0.05) is 37.0 Å². The Morgan fingerprint density at radius 1 is 1.03 bits per heavy atom. The van der Waals surface area contributed by atoms with Crippen molar-refractivity contribution in [2.75, 3.05) is 26.2 Å². The van der Waals surface area contributed by atoms with Crippen LogP contribution in [-0.4, -0.2) is 41.9 Å². The Bertz CT molecular complexity index is 904. The maximum Gasteiger partial charge on any atom is 0.336 e. The number of fused-ring (bicyclic) bond motifs is 1. The Morgan fingerprint density at radius 3 is 2.45 bits per heavy atom. The number of benzene rings is 1. The lowest BCUT2D eigenvalue weighted by Crippen LogP contribution is -2.42. The van der Waals surface area contributed by atoms with Gasteiger partial charge in [-0.15, -0.1) is 0 Å². The zero-order chi connectivity index (χ0) is 20.2. The second kappa shape index (κ2) is 9.12. The largest absolute Gasteiger partial charge is 0.423 e. The zero-order valence-electron chi connectivity index (χ0n) is 17.5. The standard InChI is InChI=1S/C24H32N2O3/c1-2-18-7-8-21-20(16-23(27)29-22(21)15-18)17-25-13-9-19(10-14-25)24(28)26-11-5-3-4-6-12-26/h7-8,15-16,19H,2-6,9-14,17H2,1H3. The molecule has 0 saturated carbocycles. The van der Waals surface area contributed by atoms with Crippen molar-refractivity contribution in [2.24, 2.45) is 5.92 Å². The Labute approximate surface area is 172 Å². The lowest BCUT2D eigenvalue weighted by molar-refractivity contribution is -0.137. The Hall–Kier alpha value is -2.14. The molecule has 2 aliphatic rings. The fourth-order valence-electron chi connectivity index (χ4n) is 4.75. The molecule has 5 heteroatoms. The highest BCUT2D eigenvalue weighted by Crippen LogP contribution is 2.25. The molecule has 0 N–H and O–H groups in total.